The molecule has 0 spiro atoms. The van der Waals surface area contributed by atoms with Crippen LogP contribution in [0.4, 0.5) is 0 Å². The van der Waals surface area contributed by atoms with Gasteiger partial charge >= 0.3 is 0 Å². The van der Waals surface area contributed by atoms with Crippen LogP contribution in [-0.4, -0.2) is 91.2 Å². The summed E-state index contributed by atoms with van der Waals surface area (Å²) in [6, 6.07) is -0.613. The molecule has 1 amide bonds. The molecule has 2 aliphatic heterocycles. The highest BCUT2D eigenvalue weighted by molar-refractivity contribution is 14.0. The summed E-state index contributed by atoms with van der Waals surface area (Å²) in [4.78, 5) is 26.9. The van der Waals surface area contributed by atoms with E-state index in [0.29, 0.717) is 11.3 Å². The fraction of sp³-hybridized carbons (Fsp3) is 0.667. The van der Waals surface area contributed by atoms with Gasteiger partial charge in [-0.3, -0.25) is 9.69 Å². The van der Waals surface area contributed by atoms with Crippen LogP contribution in [0.2, 0.25) is 0 Å². The first-order chi connectivity index (χ1) is 12.1. The Bertz CT molecular complexity index is 626. The molecule has 2 rings (SSSR count). The number of thioether (sulfide) groups is 1. The van der Waals surface area contributed by atoms with Gasteiger partial charge in [0.05, 0.1) is 38.9 Å². The number of carbonyl (C=O) groups is 2. The molecule has 0 aromatic heterocycles. The Morgan fingerprint density at radius 2 is 2.00 bits per heavy atom. The monoisotopic (exact) mass is 638 g/mol. The molecule has 0 bridgehead atoms. The van der Waals surface area contributed by atoms with Gasteiger partial charge in [0.15, 0.2) is 0 Å². The topological polar surface area (TPSA) is 89.7 Å². The lowest BCUT2D eigenvalue weighted by atomic mass is 10.0. The average Bonchev–Trinajstić information content (AvgIpc) is 2.57. The third-order valence-electron chi connectivity index (χ3n) is 4.77. The van der Waals surface area contributed by atoms with E-state index in [1.165, 1.54) is 16.7 Å². The molecule has 7 nitrogen and oxygen atoms in total. The molecule has 0 radical (unpaired) electrons. The van der Waals surface area contributed by atoms with Crippen molar-refractivity contribution in [2.75, 3.05) is 53.6 Å². The number of fused-ring (bicyclic) bond motifs is 1. The minimum Gasteiger partial charge on any atom is -0.543 e. The summed E-state index contributed by atoms with van der Waals surface area (Å²) in [6.07, 6.45) is 6.12. The van der Waals surface area contributed by atoms with Gasteiger partial charge in [-0.25, -0.2) is 0 Å². The number of halogens is 2. The molecule has 2 heterocycles. The smallest absolute Gasteiger partial charge is 0.248 e. The van der Waals surface area contributed by atoms with Gasteiger partial charge in [0, 0.05) is 5.75 Å². The molecular weight excluding hydrogens is 606 g/mol. The molecule has 0 unspecified atom stereocenters. The van der Waals surface area contributed by atoms with Crippen molar-refractivity contribution in [3.05, 3.63) is 23.4 Å². The molecule has 1 saturated heterocycles. The van der Waals surface area contributed by atoms with E-state index in [1.807, 2.05) is 12.2 Å². The molecule has 0 aromatic rings. The van der Waals surface area contributed by atoms with Crippen molar-refractivity contribution in [3.8, 4) is 0 Å². The minimum atomic E-state index is -1.31. The zero-order valence-electron chi connectivity index (χ0n) is 16.9. The molecule has 2 atom stereocenters. The predicted octanol–water partition coefficient (Wildman–Crippen LogP) is 0.443. The number of nitrogens with zero attached hydrogens (tertiary/aromatic N) is 3. The van der Waals surface area contributed by atoms with Gasteiger partial charge < -0.3 is 25.0 Å². The van der Waals surface area contributed by atoms with E-state index < -0.39 is 12.0 Å². The SMILES string of the molecule is CN(C)CCCC[N+](C)(C)C/C=C/C1=C(C(=O)[O-])N2C(=O)[C@@H](N)[C@H]2SC1.I.I. The maximum Gasteiger partial charge on any atom is 0.248 e. The quantitative estimate of drug-likeness (QED) is 0.171. The Balaban J connectivity index is 0.00000364. The number of β-lactam (4-membered cyclic amide) rings is 1. The number of hydrogen-bond acceptors (Lipinski definition) is 6. The second kappa shape index (κ2) is 12.1. The van der Waals surface area contributed by atoms with Crippen molar-refractivity contribution >= 4 is 71.6 Å². The summed E-state index contributed by atoms with van der Waals surface area (Å²) in [5.74, 6) is -1.13. The van der Waals surface area contributed by atoms with Crippen molar-refractivity contribution in [3.63, 3.8) is 0 Å². The first-order valence-electron chi connectivity index (χ1n) is 8.92. The van der Waals surface area contributed by atoms with Crippen LogP contribution in [-0.2, 0) is 9.59 Å². The van der Waals surface area contributed by atoms with Crippen molar-refractivity contribution in [2.45, 2.75) is 24.3 Å². The third kappa shape index (κ3) is 7.11. The first kappa shape index (κ1) is 28.1. The molecule has 10 heteroatoms. The summed E-state index contributed by atoms with van der Waals surface area (Å²) >= 11 is 1.50. The van der Waals surface area contributed by atoms with Crippen molar-refractivity contribution in [1.29, 1.82) is 0 Å². The summed E-state index contributed by atoms with van der Waals surface area (Å²) in [5.41, 5.74) is 6.35. The van der Waals surface area contributed by atoms with Crippen molar-refractivity contribution in [1.82, 2.24) is 9.80 Å². The maximum atomic E-state index is 11.9. The molecule has 1 fully saturated rings. The van der Waals surface area contributed by atoms with Crippen LogP contribution >= 0.6 is 59.7 Å². The third-order valence-corrected chi connectivity index (χ3v) is 6.09. The van der Waals surface area contributed by atoms with Crippen LogP contribution in [0.15, 0.2) is 23.4 Å². The standard InChI is InChI=1S/C18H30N4O3S.2HI/c1-20(2)9-5-6-10-22(3,4)11-7-8-13-12-26-17-14(19)16(23)21(17)15(13)18(24)25;;/h7-8,14,17H,5-6,9-12,19H2,1-4H3;2*1H/b8-7+;;/t14-,17-;;/m1../s1. The van der Waals surface area contributed by atoms with Crippen LogP contribution in [0.3, 0.4) is 0 Å². The molecular formula is C18H32I2N4O3S. The molecule has 162 valence electrons. The Morgan fingerprint density at radius 1 is 1.36 bits per heavy atom. The number of amides is 1. The number of rotatable bonds is 9. The maximum absolute atomic E-state index is 11.9. The van der Waals surface area contributed by atoms with Gasteiger partial charge in [-0.15, -0.1) is 59.7 Å². The normalized spacial score (nSPS) is 21.9. The number of aliphatic carboxylic acids is 1. The van der Waals surface area contributed by atoms with Crippen molar-refractivity contribution in [2.24, 2.45) is 5.73 Å². The second-order valence-corrected chi connectivity index (χ2v) is 8.96. The summed E-state index contributed by atoms with van der Waals surface area (Å²) in [5, 5.41) is 11.3. The lowest BCUT2D eigenvalue weighted by molar-refractivity contribution is -0.884. The molecule has 28 heavy (non-hydrogen) atoms. The Labute approximate surface area is 206 Å². The van der Waals surface area contributed by atoms with Gasteiger partial charge in [-0.2, -0.15) is 0 Å². The predicted molar refractivity (Wildman–Crippen MR) is 133 cm³/mol. The van der Waals surface area contributed by atoms with Gasteiger partial charge in [-0.05, 0) is 45.1 Å². The van der Waals surface area contributed by atoms with E-state index in [2.05, 4.69) is 33.1 Å². The van der Waals surface area contributed by atoms with Crippen LogP contribution in [0.5, 0.6) is 0 Å². The lowest BCUT2D eigenvalue weighted by Gasteiger charge is -2.49. The van der Waals surface area contributed by atoms with E-state index >= 15 is 0 Å². The number of hydrogen-bond donors (Lipinski definition) is 1. The first-order valence-corrected chi connectivity index (χ1v) is 9.97. The van der Waals surface area contributed by atoms with E-state index in [9.17, 15) is 14.7 Å². The number of nitrogens with two attached hydrogens (primary N) is 1. The van der Waals surface area contributed by atoms with Crippen molar-refractivity contribution < 1.29 is 19.2 Å². The number of quaternary nitrogens is 1. The summed E-state index contributed by atoms with van der Waals surface area (Å²) in [7, 11) is 8.48. The summed E-state index contributed by atoms with van der Waals surface area (Å²) < 4.78 is 0.834. The highest BCUT2D eigenvalue weighted by Crippen LogP contribution is 2.39. The molecule has 0 aromatic carbocycles. The Hall–Kier alpha value is 0.110. The number of carbonyl (C=O) groups excluding carboxylic acids is 2. The number of likely N-dealkylation sites (N-methyl/N-ethyl adjacent to an activating group) is 1. The van der Waals surface area contributed by atoms with Crippen LogP contribution < -0.4 is 10.8 Å². The molecule has 2 aliphatic rings. The Kier molecular flexibility index (Phi) is 12.1. The number of carboxylic acids is 1. The van der Waals surface area contributed by atoms with Gasteiger partial charge in [0.1, 0.15) is 11.4 Å². The van der Waals surface area contributed by atoms with E-state index in [4.69, 9.17) is 5.73 Å². The number of allylic oxidation sites excluding steroid dienone is 1. The average molecular weight is 638 g/mol. The van der Waals surface area contributed by atoms with E-state index in [0.717, 1.165) is 37.0 Å². The van der Waals surface area contributed by atoms with Crippen LogP contribution in [0, 0.1) is 0 Å². The lowest BCUT2D eigenvalue weighted by Crippen LogP contribution is -2.69. The van der Waals surface area contributed by atoms with Gasteiger partial charge in [0.2, 0.25) is 5.91 Å². The van der Waals surface area contributed by atoms with Crippen LogP contribution in [0.1, 0.15) is 12.8 Å². The highest BCUT2D eigenvalue weighted by Gasteiger charge is 2.49. The fourth-order valence-electron chi connectivity index (χ4n) is 3.20. The van der Waals surface area contributed by atoms with E-state index in [-0.39, 0.29) is 64.9 Å². The number of unbranched alkanes of at least 4 members (excludes halogenated alkanes) is 1. The fourth-order valence-corrected chi connectivity index (χ4v) is 4.46. The largest absolute Gasteiger partial charge is 0.543 e. The molecule has 2 N–H and O–H groups in total. The molecule has 0 saturated carbocycles. The van der Waals surface area contributed by atoms with Gasteiger partial charge in [-0.1, -0.05) is 6.08 Å². The zero-order chi connectivity index (χ0) is 19.5. The molecule has 0 aliphatic carbocycles. The Morgan fingerprint density at radius 3 is 2.57 bits per heavy atom. The summed E-state index contributed by atoms with van der Waals surface area (Å²) in [6.45, 7) is 2.94. The minimum absolute atomic E-state index is 0. The van der Waals surface area contributed by atoms with E-state index in [1.54, 1.807) is 0 Å². The number of carboxylic acid groups (broad SMARTS) is 1. The zero-order valence-corrected chi connectivity index (χ0v) is 22.4. The second-order valence-electron chi connectivity index (χ2n) is 7.85. The highest BCUT2D eigenvalue weighted by atomic mass is 127. The van der Waals surface area contributed by atoms with Crippen LogP contribution in [0.25, 0.3) is 0 Å². The van der Waals surface area contributed by atoms with Gasteiger partial charge in [0.25, 0.3) is 0 Å².